The predicted molar refractivity (Wildman–Crippen MR) is 105 cm³/mol. The van der Waals surface area contributed by atoms with Crippen LogP contribution in [0.15, 0.2) is 58.9 Å². The second-order valence-electron chi connectivity index (χ2n) is 5.60. The number of thioether (sulfide) groups is 1. The fraction of sp³-hybridized carbons (Fsp3) is 0.111. The van der Waals surface area contributed by atoms with Gasteiger partial charge in [0.1, 0.15) is 0 Å². The number of urea groups is 1. The molecule has 4 rings (SSSR count). The molecule has 2 aromatic carbocycles. The Morgan fingerprint density at radius 1 is 1.04 bits per heavy atom. The topological polar surface area (TPSA) is 56.7 Å². The summed E-state index contributed by atoms with van der Waals surface area (Å²) < 4.78 is 0. The molecule has 0 aliphatic carbocycles. The molecule has 0 atom stereocenters. The van der Waals surface area contributed by atoms with Crippen LogP contribution in [0.4, 0.5) is 16.2 Å². The minimum Gasteiger partial charge on any atom is -0.318 e. The Morgan fingerprint density at radius 3 is 2.36 bits per heavy atom. The molecule has 0 unspecified atom stereocenters. The number of rotatable bonds is 3. The molecule has 0 radical (unpaired) electrons. The number of anilines is 2. The minimum absolute atomic E-state index is 0.292. The molecule has 2 N–H and O–H groups in total. The maximum absolute atomic E-state index is 12.1. The SMILES string of the molecule is O=C(Nc1ccc(Cl)cc1)Nc1ccc(C2=CSC3=NCCN23)cc1. The highest BCUT2D eigenvalue weighted by molar-refractivity contribution is 8.16. The fourth-order valence-electron chi connectivity index (χ4n) is 2.70. The summed E-state index contributed by atoms with van der Waals surface area (Å²) >= 11 is 7.49. The summed E-state index contributed by atoms with van der Waals surface area (Å²) in [5.74, 6) is 0. The van der Waals surface area contributed by atoms with Crippen molar-refractivity contribution < 1.29 is 4.79 Å². The van der Waals surface area contributed by atoms with Crippen LogP contribution < -0.4 is 10.6 Å². The van der Waals surface area contributed by atoms with E-state index in [9.17, 15) is 4.79 Å². The Morgan fingerprint density at radius 2 is 1.68 bits per heavy atom. The zero-order chi connectivity index (χ0) is 17.2. The van der Waals surface area contributed by atoms with Crippen LogP contribution >= 0.6 is 23.4 Å². The number of nitrogens with zero attached hydrogens (tertiary/aromatic N) is 2. The molecular formula is C18H15ClN4OS. The Hall–Kier alpha value is -2.44. The van der Waals surface area contributed by atoms with Gasteiger partial charge in [0, 0.05) is 28.4 Å². The van der Waals surface area contributed by atoms with Crippen LogP contribution in [0.3, 0.4) is 0 Å². The van der Waals surface area contributed by atoms with E-state index >= 15 is 0 Å². The highest BCUT2D eigenvalue weighted by atomic mass is 35.5. The third kappa shape index (κ3) is 3.50. The van der Waals surface area contributed by atoms with Crippen molar-refractivity contribution in [2.45, 2.75) is 0 Å². The molecular weight excluding hydrogens is 356 g/mol. The maximum Gasteiger partial charge on any atom is 0.323 e. The highest BCUT2D eigenvalue weighted by Gasteiger charge is 2.26. The number of hydrogen-bond donors (Lipinski definition) is 2. The lowest BCUT2D eigenvalue weighted by molar-refractivity contribution is 0.262. The van der Waals surface area contributed by atoms with E-state index < -0.39 is 0 Å². The van der Waals surface area contributed by atoms with Crippen LogP contribution in [0.1, 0.15) is 5.56 Å². The van der Waals surface area contributed by atoms with Crippen LogP contribution in [-0.4, -0.2) is 29.2 Å². The van der Waals surface area contributed by atoms with Gasteiger partial charge in [0.15, 0.2) is 5.17 Å². The summed E-state index contributed by atoms with van der Waals surface area (Å²) in [4.78, 5) is 18.7. The fourth-order valence-corrected chi connectivity index (χ4v) is 3.79. The third-order valence-corrected chi connectivity index (χ3v) is 5.06. The van der Waals surface area contributed by atoms with Gasteiger partial charge in [-0.05, 0) is 42.0 Å². The smallest absolute Gasteiger partial charge is 0.318 e. The molecule has 0 saturated heterocycles. The van der Waals surface area contributed by atoms with Gasteiger partial charge < -0.3 is 15.5 Å². The number of carbonyl (C=O) groups excluding carboxylic acids is 1. The van der Waals surface area contributed by atoms with E-state index in [1.807, 2.05) is 24.3 Å². The number of carbonyl (C=O) groups is 1. The van der Waals surface area contributed by atoms with Crippen LogP contribution in [0.2, 0.25) is 5.02 Å². The van der Waals surface area contributed by atoms with Gasteiger partial charge in [-0.25, -0.2) is 4.79 Å². The molecule has 2 aliphatic rings. The van der Waals surface area contributed by atoms with Gasteiger partial charge in [0.2, 0.25) is 0 Å². The highest BCUT2D eigenvalue weighted by Crippen LogP contribution is 2.35. The van der Waals surface area contributed by atoms with Crippen molar-refractivity contribution in [3.8, 4) is 0 Å². The number of halogens is 1. The standard InChI is InChI=1S/C18H15ClN4OS/c19-13-3-7-15(8-4-13)22-17(24)21-14-5-1-12(2-6-14)16-11-25-18-20-9-10-23(16)18/h1-8,11H,9-10H2,(H2,21,22,24). The molecule has 0 saturated carbocycles. The molecule has 126 valence electrons. The molecule has 0 bridgehead atoms. The third-order valence-electron chi connectivity index (χ3n) is 3.91. The van der Waals surface area contributed by atoms with Crippen molar-refractivity contribution in [2.24, 2.45) is 4.99 Å². The summed E-state index contributed by atoms with van der Waals surface area (Å²) in [5, 5.41) is 9.41. The zero-order valence-electron chi connectivity index (χ0n) is 13.2. The van der Waals surface area contributed by atoms with E-state index in [-0.39, 0.29) is 6.03 Å². The van der Waals surface area contributed by atoms with Gasteiger partial charge in [0.25, 0.3) is 0 Å². The summed E-state index contributed by atoms with van der Waals surface area (Å²) in [7, 11) is 0. The van der Waals surface area contributed by atoms with E-state index in [2.05, 4.69) is 25.9 Å². The van der Waals surface area contributed by atoms with Gasteiger partial charge in [-0.1, -0.05) is 35.5 Å². The molecule has 7 heteroatoms. The van der Waals surface area contributed by atoms with E-state index in [1.165, 1.54) is 5.70 Å². The van der Waals surface area contributed by atoms with Crippen LogP contribution in [0.5, 0.6) is 0 Å². The van der Waals surface area contributed by atoms with Crippen molar-refractivity contribution in [1.82, 2.24) is 4.90 Å². The number of amidine groups is 1. The zero-order valence-corrected chi connectivity index (χ0v) is 14.8. The van der Waals surface area contributed by atoms with Crippen molar-refractivity contribution in [3.63, 3.8) is 0 Å². The maximum atomic E-state index is 12.1. The van der Waals surface area contributed by atoms with E-state index in [4.69, 9.17) is 11.6 Å². The van der Waals surface area contributed by atoms with Crippen molar-refractivity contribution >= 4 is 51.6 Å². The van der Waals surface area contributed by atoms with Crippen molar-refractivity contribution in [3.05, 3.63) is 64.5 Å². The number of aliphatic imine (C=N–C) groups is 1. The second kappa shape index (κ2) is 6.82. The van der Waals surface area contributed by atoms with Crippen LogP contribution in [-0.2, 0) is 0 Å². The number of benzene rings is 2. The average Bonchev–Trinajstić information content (AvgIpc) is 3.21. The monoisotopic (exact) mass is 370 g/mol. The second-order valence-corrected chi connectivity index (χ2v) is 6.87. The first-order valence-electron chi connectivity index (χ1n) is 7.82. The van der Waals surface area contributed by atoms with Gasteiger partial charge in [-0.2, -0.15) is 0 Å². The number of hydrogen-bond acceptors (Lipinski definition) is 4. The van der Waals surface area contributed by atoms with Crippen LogP contribution in [0, 0.1) is 0 Å². The summed E-state index contributed by atoms with van der Waals surface area (Å²) in [5.41, 5.74) is 3.70. The lowest BCUT2D eigenvalue weighted by Crippen LogP contribution is -2.20. The Labute approximate surface area is 154 Å². The molecule has 25 heavy (non-hydrogen) atoms. The molecule has 2 aliphatic heterocycles. The van der Waals surface area contributed by atoms with E-state index in [0.717, 1.165) is 29.5 Å². The van der Waals surface area contributed by atoms with Gasteiger partial charge in [-0.3, -0.25) is 4.99 Å². The Bertz CT molecular complexity index is 862. The van der Waals surface area contributed by atoms with Crippen molar-refractivity contribution in [2.75, 3.05) is 23.7 Å². The average molecular weight is 371 g/mol. The Balaban J connectivity index is 1.40. The first kappa shape index (κ1) is 16.1. The quantitative estimate of drug-likeness (QED) is 0.823. The molecule has 2 aromatic rings. The number of nitrogens with one attached hydrogen (secondary N) is 2. The minimum atomic E-state index is -0.292. The Kier molecular flexibility index (Phi) is 4.38. The summed E-state index contributed by atoms with van der Waals surface area (Å²) in [6, 6.07) is 14.5. The largest absolute Gasteiger partial charge is 0.323 e. The lowest BCUT2D eigenvalue weighted by atomic mass is 10.1. The molecule has 0 aromatic heterocycles. The first-order chi connectivity index (χ1) is 12.2. The van der Waals surface area contributed by atoms with Gasteiger partial charge in [-0.15, -0.1) is 0 Å². The lowest BCUT2D eigenvalue weighted by Gasteiger charge is -2.17. The molecule has 0 spiro atoms. The van der Waals surface area contributed by atoms with Gasteiger partial charge >= 0.3 is 6.03 Å². The van der Waals surface area contributed by atoms with Crippen molar-refractivity contribution in [1.29, 1.82) is 0 Å². The summed E-state index contributed by atoms with van der Waals surface area (Å²) in [6.07, 6.45) is 0. The summed E-state index contributed by atoms with van der Waals surface area (Å²) in [6.45, 7) is 1.78. The van der Waals surface area contributed by atoms with E-state index in [0.29, 0.717) is 10.7 Å². The molecule has 2 amide bonds. The molecule has 2 heterocycles. The van der Waals surface area contributed by atoms with Gasteiger partial charge in [0.05, 0.1) is 12.2 Å². The molecule has 0 fully saturated rings. The van der Waals surface area contributed by atoms with Crippen LogP contribution in [0.25, 0.3) is 5.70 Å². The number of fused-ring (bicyclic) bond motifs is 1. The molecule has 5 nitrogen and oxygen atoms in total. The normalized spacial score (nSPS) is 15.5. The van der Waals surface area contributed by atoms with E-state index in [1.54, 1.807) is 36.0 Å². The predicted octanol–water partition coefficient (Wildman–Crippen LogP) is 4.70. The number of amides is 2. The first-order valence-corrected chi connectivity index (χ1v) is 9.08.